The highest BCUT2D eigenvalue weighted by Gasteiger charge is 2.34. The Bertz CT molecular complexity index is 500. The zero-order valence-electron chi connectivity index (χ0n) is 12.4. The Balaban J connectivity index is 1.58. The Kier molecular flexibility index (Phi) is 3.79. The summed E-state index contributed by atoms with van der Waals surface area (Å²) in [7, 11) is 0. The molecule has 2 N–H and O–H groups in total. The molecule has 0 spiro atoms. The number of carbonyl (C=O) groups is 1. The minimum absolute atomic E-state index is 0.171. The van der Waals surface area contributed by atoms with Gasteiger partial charge < -0.3 is 10.6 Å². The van der Waals surface area contributed by atoms with Gasteiger partial charge in [0.15, 0.2) is 0 Å². The molecule has 1 aromatic rings. The quantitative estimate of drug-likeness (QED) is 0.887. The molecule has 2 saturated heterocycles. The molecule has 2 heterocycles. The zero-order chi connectivity index (χ0) is 14.1. The highest BCUT2D eigenvalue weighted by molar-refractivity contribution is 5.91. The van der Waals surface area contributed by atoms with Crippen molar-refractivity contribution in [2.75, 3.05) is 5.32 Å². The topological polar surface area (TPSA) is 41.1 Å². The number of fused-ring (bicyclic) bond motifs is 2. The van der Waals surface area contributed by atoms with Crippen LogP contribution in [0.25, 0.3) is 0 Å². The number of amides is 1. The predicted molar refractivity (Wildman–Crippen MR) is 81.8 cm³/mol. The normalized spacial score (nSPS) is 28.4. The van der Waals surface area contributed by atoms with Crippen LogP contribution in [0.3, 0.4) is 0 Å². The van der Waals surface area contributed by atoms with Gasteiger partial charge in [0.2, 0.25) is 5.91 Å². The molecule has 3 heteroatoms. The minimum Gasteiger partial charge on any atom is -0.326 e. The van der Waals surface area contributed by atoms with Gasteiger partial charge in [0.1, 0.15) is 0 Å². The summed E-state index contributed by atoms with van der Waals surface area (Å²) in [5, 5.41) is 6.72. The second-order valence-corrected chi connectivity index (χ2v) is 6.48. The number of hydrogen-bond acceptors (Lipinski definition) is 2. The third-order valence-corrected chi connectivity index (χ3v) is 4.92. The van der Waals surface area contributed by atoms with Crippen LogP contribution in [-0.2, 0) is 4.79 Å². The highest BCUT2D eigenvalue weighted by atomic mass is 16.1. The van der Waals surface area contributed by atoms with Gasteiger partial charge in [-0.05, 0) is 62.6 Å². The number of benzene rings is 1. The molecule has 2 aliphatic heterocycles. The lowest BCUT2D eigenvalue weighted by molar-refractivity contribution is -0.117. The summed E-state index contributed by atoms with van der Waals surface area (Å²) in [6.45, 7) is 4.14. The molecule has 2 bridgehead atoms. The van der Waals surface area contributed by atoms with E-state index in [1.807, 2.05) is 12.1 Å². The average Bonchev–Trinajstić information content (AvgIpc) is 2.74. The Morgan fingerprint density at radius 2 is 1.95 bits per heavy atom. The molecule has 1 amide bonds. The lowest BCUT2D eigenvalue weighted by atomic mass is 9.89. The molecule has 108 valence electrons. The summed E-state index contributed by atoms with van der Waals surface area (Å²) in [5.74, 6) is 0.726. The zero-order valence-corrected chi connectivity index (χ0v) is 12.4. The van der Waals surface area contributed by atoms with E-state index < -0.39 is 0 Å². The first kappa shape index (κ1) is 13.6. The predicted octanol–water partition coefficient (Wildman–Crippen LogP) is 3.16. The van der Waals surface area contributed by atoms with Crippen molar-refractivity contribution in [3.63, 3.8) is 0 Å². The molecule has 2 fully saturated rings. The van der Waals surface area contributed by atoms with Crippen LogP contribution in [0, 0.1) is 19.8 Å². The molecular weight excluding hydrogens is 248 g/mol. The maximum absolute atomic E-state index is 12.2. The molecule has 2 atom stereocenters. The molecule has 20 heavy (non-hydrogen) atoms. The van der Waals surface area contributed by atoms with Crippen molar-refractivity contribution in [2.24, 2.45) is 5.92 Å². The van der Waals surface area contributed by atoms with Gasteiger partial charge in [-0.3, -0.25) is 4.79 Å². The van der Waals surface area contributed by atoms with E-state index in [4.69, 9.17) is 0 Å². The summed E-state index contributed by atoms with van der Waals surface area (Å²) >= 11 is 0. The van der Waals surface area contributed by atoms with Crippen LogP contribution in [0.1, 0.15) is 43.2 Å². The Hall–Kier alpha value is -1.35. The minimum atomic E-state index is 0.171. The van der Waals surface area contributed by atoms with Gasteiger partial charge in [0, 0.05) is 24.2 Å². The van der Waals surface area contributed by atoms with E-state index in [1.54, 1.807) is 0 Å². The fourth-order valence-corrected chi connectivity index (χ4v) is 3.69. The lowest BCUT2D eigenvalue weighted by Gasteiger charge is -2.28. The van der Waals surface area contributed by atoms with Gasteiger partial charge in [-0.1, -0.05) is 12.1 Å². The van der Waals surface area contributed by atoms with Crippen molar-refractivity contribution in [1.29, 1.82) is 0 Å². The van der Waals surface area contributed by atoms with Crippen LogP contribution in [0.15, 0.2) is 18.2 Å². The largest absolute Gasteiger partial charge is 0.326 e. The first-order chi connectivity index (χ1) is 9.61. The van der Waals surface area contributed by atoms with E-state index >= 15 is 0 Å². The van der Waals surface area contributed by atoms with E-state index in [2.05, 4.69) is 30.5 Å². The lowest BCUT2D eigenvalue weighted by Crippen LogP contribution is -2.39. The smallest absolute Gasteiger partial charge is 0.224 e. The molecule has 2 unspecified atom stereocenters. The second-order valence-electron chi connectivity index (χ2n) is 6.48. The maximum Gasteiger partial charge on any atom is 0.224 e. The van der Waals surface area contributed by atoms with Crippen LogP contribution in [0.5, 0.6) is 0 Å². The SMILES string of the molecule is Cc1cccc(NC(=O)CC2CC3CCC(C2)N3)c1C. The number of anilines is 1. The number of nitrogens with one attached hydrogen (secondary N) is 2. The number of piperidine rings is 1. The standard InChI is InChI=1S/C17H24N2O/c1-11-4-3-5-16(12(11)2)19-17(20)10-13-8-14-6-7-15(9-13)18-14/h3-5,13-15,18H,6-10H2,1-2H3,(H,19,20). The van der Waals surface area contributed by atoms with E-state index in [1.165, 1.54) is 24.0 Å². The second kappa shape index (κ2) is 5.57. The third kappa shape index (κ3) is 2.88. The fourth-order valence-electron chi connectivity index (χ4n) is 3.69. The third-order valence-electron chi connectivity index (χ3n) is 4.92. The van der Waals surface area contributed by atoms with Crippen molar-refractivity contribution < 1.29 is 4.79 Å². The molecule has 0 aliphatic carbocycles. The molecule has 0 aromatic heterocycles. The van der Waals surface area contributed by atoms with Crippen molar-refractivity contribution in [3.05, 3.63) is 29.3 Å². The van der Waals surface area contributed by atoms with E-state index in [0.717, 1.165) is 18.5 Å². The van der Waals surface area contributed by atoms with E-state index in [9.17, 15) is 4.79 Å². The van der Waals surface area contributed by atoms with Crippen LogP contribution in [0.2, 0.25) is 0 Å². The average molecular weight is 272 g/mol. The van der Waals surface area contributed by atoms with Gasteiger partial charge in [-0.25, -0.2) is 0 Å². The molecule has 3 nitrogen and oxygen atoms in total. The summed E-state index contributed by atoms with van der Waals surface area (Å²) in [4.78, 5) is 12.2. The molecule has 3 rings (SSSR count). The highest BCUT2D eigenvalue weighted by Crippen LogP contribution is 2.33. The van der Waals surface area contributed by atoms with Gasteiger partial charge >= 0.3 is 0 Å². The van der Waals surface area contributed by atoms with Gasteiger partial charge in [0.25, 0.3) is 0 Å². The van der Waals surface area contributed by atoms with Gasteiger partial charge in [-0.15, -0.1) is 0 Å². The Labute approximate surface area is 121 Å². The van der Waals surface area contributed by atoms with Crippen molar-refractivity contribution in [1.82, 2.24) is 5.32 Å². The van der Waals surface area contributed by atoms with Crippen molar-refractivity contribution in [2.45, 2.75) is 58.0 Å². The summed E-state index contributed by atoms with van der Waals surface area (Å²) in [5.41, 5.74) is 3.36. The Morgan fingerprint density at radius 1 is 1.25 bits per heavy atom. The van der Waals surface area contributed by atoms with Crippen molar-refractivity contribution >= 4 is 11.6 Å². The first-order valence-corrected chi connectivity index (χ1v) is 7.74. The van der Waals surface area contributed by atoms with Crippen molar-refractivity contribution in [3.8, 4) is 0 Å². The first-order valence-electron chi connectivity index (χ1n) is 7.74. The fraction of sp³-hybridized carbons (Fsp3) is 0.588. The molecular formula is C17H24N2O. The maximum atomic E-state index is 12.2. The van der Waals surface area contributed by atoms with Gasteiger partial charge in [0.05, 0.1) is 0 Å². The number of aryl methyl sites for hydroxylation is 1. The van der Waals surface area contributed by atoms with E-state index in [0.29, 0.717) is 24.4 Å². The number of rotatable bonds is 3. The monoisotopic (exact) mass is 272 g/mol. The van der Waals surface area contributed by atoms with Crippen LogP contribution in [0.4, 0.5) is 5.69 Å². The molecule has 0 saturated carbocycles. The Morgan fingerprint density at radius 3 is 2.65 bits per heavy atom. The summed E-state index contributed by atoms with van der Waals surface area (Å²) in [6.07, 6.45) is 5.58. The van der Waals surface area contributed by atoms with Crippen LogP contribution >= 0.6 is 0 Å². The van der Waals surface area contributed by atoms with Crippen LogP contribution < -0.4 is 10.6 Å². The number of hydrogen-bond donors (Lipinski definition) is 2. The summed E-state index contributed by atoms with van der Waals surface area (Å²) in [6, 6.07) is 7.39. The van der Waals surface area contributed by atoms with E-state index in [-0.39, 0.29) is 5.91 Å². The number of carbonyl (C=O) groups excluding carboxylic acids is 1. The molecule has 2 aliphatic rings. The molecule has 1 aromatic carbocycles. The summed E-state index contributed by atoms with van der Waals surface area (Å²) < 4.78 is 0. The molecule has 0 radical (unpaired) electrons. The van der Waals surface area contributed by atoms with Gasteiger partial charge in [-0.2, -0.15) is 0 Å². The van der Waals surface area contributed by atoms with Crippen LogP contribution in [-0.4, -0.2) is 18.0 Å².